The number of thioether (sulfide) groups is 1. The fourth-order valence-corrected chi connectivity index (χ4v) is 4.63. The van der Waals surface area contributed by atoms with E-state index in [-0.39, 0.29) is 17.6 Å². The van der Waals surface area contributed by atoms with Crippen LogP contribution in [0.4, 0.5) is 5.69 Å². The minimum Gasteiger partial charge on any atom is -0.324 e. The Hall–Kier alpha value is -3.78. The van der Waals surface area contributed by atoms with Crippen LogP contribution in [-0.4, -0.2) is 36.7 Å². The van der Waals surface area contributed by atoms with E-state index in [1.165, 1.54) is 18.7 Å². The van der Waals surface area contributed by atoms with Crippen molar-refractivity contribution >= 4 is 29.1 Å². The van der Waals surface area contributed by atoms with Crippen LogP contribution >= 0.6 is 11.8 Å². The van der Waals surface area contributed by atoms with Gasteiger partial charge < -0.3 is 5.32 Å². The van der Waals surface area contributed by atoms with Crippen LogP contribution in [0.1, 0.15) is 49.5 Å². The summed E-state index contributed by atoms with van der Waals surface area (Å²) < 4.78 is 1.99. The smallest absolute Gasteiger partial charge is 0.237 e. The number of ketones is 1. The Kier molecular flexibility index (Phi) is 7.41. The van der Waals surface area contributed by atoms with E-state index in [2.05, 4.69) is 40.4 Å². The number of benzene rings is 2. The lowest BCUT2D eigenvalue weighted by Crippen LogP contribution is -2.24. The van der Waals surface area contributed by atoms with Crippen LogP contribution in [0.15, 0.2) is 78.2 Å². The molecule has 0 aliphatic carbocycles. The molecule has 0 radical (unpaired) electrons. The average Bonchev–Trinajstić information content (AvgIpc) is 3.27. The Morgan fingerprint density at radius 1 is 0.943 bits per heavy atom. The molecule has 0 spiro atoms. The molecule has 2 aromatic carbocycles. The number of aromatic nitrogens is 4. The van der Waals surface area contributed by atoms with Crippen molar-refractivity contribution in [2.75, 3.05) is 5.32 Å². The second-order valence-electron chi connectivity index (χ2n) is 8.45. The Balaban J connectivity index is 1.70. The van der Waals surface area contributed by atoms with Gasteiger partial charge in [-0.1, -0.05) is 55.9 Å². The number of nitrogens with zero attached hydrogens (tertiary/aromatic N) is 4. The summed E-state index contributed by atoms with van der Waals surface area (Å²) in [5, 5.41) is 11.9. The van der Waals surface area contributed by atoms with Crippen molar-refractivity contribution in [3.63, 3.8) is 0 Å². The first-order valence-corrected chi connectivity index (χ1v) is 12.3. The largest absolute Gasteiger partial charge is 0.324 e. The molecule has 1 unspecified atom stereocenters. The molecule has 2 aromatic heterocycles. The molecule has 7 nitrogen and oxygen atoms in total. The molecule has 4 rings (SSSR count). The molecule has 1 N–H and O–H groups in total. The molecule has 0 bridgehead atoms. The van der Waals surface area contributed by atoms with Crippen molar-refractivity contribution < 1.29 is 9.59 Å². The van der Waals surface area contributed by atoms with Gasteiger partial charge in [0.25, 0.3) is 0 Å². The molecule has 4 aromatic rings. The molecule has 178 valence electrons. The lowest BCUT2D eigenvalue weighted by molar-refractivity contribution is -0.115. The Labute approximate surface area is 209 Å². The quantitative estimate of drug-likeness (QED) is 0.252. The van der Waals surface area contributed by atoms with Gasteiger partial charge in [0.2, 0.25) is 5.91 Å². The molecule has 0 saturated heterocycles. The molecule has 1 atom stereocenters. The Morgan fingerprint density at radius 2 is 1.69 bits per heavy atom. The highest BCUT2D eigenvalue weighted by Gasteiger charge is 2.24. The van der Waals surface area contributed by atoms with Crippen molar-refractivity contribution in [3.8, 4) is 17.1 Å². The summed E-state index contributed by atoms with van der Waals surface area (Å²) in [5.74, 6) is 0.603. The molecule has 1 amide bonds. The van der Waals surface area contributed by atoms with Crippen LogP contribution in [0.3, 0.4) is 0 Å². The number of carbonyl (C=O) groups is 2. The standard InChI is InChI=1S/C27H27N5O2S/c1-17(2)21-11-6-8-14-24(21)32-25(20-10-9-15-28-16-20)30-31-27(32)35-19(4)26(34)29-23-13-7-5-12-22(23)18(3)33/h5-17,19H,1-4H3,(H,29,34). The molecule has 35 heavy (non-hydrogen) atoms. The number of hydrogen-bond donors (Lipinski definition) is 1. The number of rotatable bonds is 8. The third-order valence-electron chi connectivity index (χ3n) is 5.57. The van der Waals surface area contributed by atoms with Crippen LogP contribution < -0.4 is 5.32 Å². The normalized spacial score (nSPS) is 11.9. The minimum absolute atomic E-state index is 0.104. The third kappa shape index (κ3) is 5.33. The van der Waals surface area contributed by atoms with Gasteiger partial charge in [-0.2, -0.15) is 0 Å². The van der Waals surface area contributed by atoms with Crippen molar-refractivity contribution in [1.82, 2.24) is 19.7 Å². The number of hydrogen-bond acceptors (Lipinski definition) is 6. The van der Waals surface area contributed by atoms with E-state index < -0.39 is 5.25 Å². The SMILES string of the molecule is CC(=O)c1ccccc1NC(=O)C(C)Sc1nnc(-c2cccnc2)n1-c1ccccc1C(C)C. The van der Waals surface area contributed by atoms with Crippen molar-refractivity contribution in [1.29, 1.82) is 0 Å². The fraction of sp³-hybridized carbons (Fsp3) is 0.222. The minimum atomic E-state index is -0.495. The predicted octanol–water partition coefficient (Wildman–Crippen LogP) is 5.77. The van der Waals surface area contributed by atoms with Gasteiger partial charge in [-0.3, -0.25) is 19.1 Å². The van der Waals surface area contributed by atoms with E-state index in [1.807, 2.05) is 41.8 Å². The van der Waals surface area contributed by atoms with E-state index >= 15 is 0 Å². The highest BCUT2D eigenvalue weighted by atomic mass is 32.2. The first-order valence-electron chi connectivity index (χ1n) is 11.4. The van der Waals surface area contributed by atoms with E-state index in [0.29, 0.717) is 22.2 Å². The zero-order valence-corrected chi connectivity index (χ0v) is 20.9. The maximum absolute atomic E-state index is 13.1. The number of para-hydroxylation sites is 2. The van der Waals surface area contributed by atoms with Crippen LogP contribution in [0, 0.1) is 0 Å². The van der Waals surface area contributed by atoms with Crippen LogP contribution in [0.5, 0.6) is 0 Å². The zero-order valence-electron chi connectivity index (χ0n) is 20.1. The second kappa shape index (κ2) is 10.7. The summed E-state index contributed by atoms with van der Waals surface area (Å²) in [6.45, 7) is 7.58. The molecular weight excluding hydrogens is 458 g/mol. The maximum Gasteiger partial charge on any atom is 0.237 e. The van der Waals surface area contributed by atoms with Gasteiger partial charge in [0.05, 0.1) is 16.6 Å². The number of anilines is 1. The molecule has 8 heteroatoms. The number of pyridine rings is 1. The van der Waals surface area contributed by atoms with Gasteiger partial charge in [0.1, 0.15) is 0 Å². The maximum atomic E-state index is 13.1. The van der Waals surface area contributed by atoms with Gasteiger partial charge in [-0.15, -0.1) is 10.2 Å². The monoisotopic (exact) mass is 485 g/mol. The molecule has 0 aliphatic rings. The van der Waals surface area contributed by atoms with Crippen molar-refractivity contribution in [3.05, 3.63) is 84.2 Å². The van der Waals surface area contributed by atoms with Crippen LogP contribution in [0.25, 0.3) is 17.1 Å². The summed E-state index contributed by atoms with van der Waals surface area (Å²) in [6, 6.07) is 18.9. The van der Waals surface area contributed by atoms with Crippen molar-refractivity contribution in [2.24, 2.45) is 0 Å². The summed E-state index contributed by atoms with van der Waals surface area (Å²) in [6.07, 6.45) is 3.47. The van der Waals surface area contributed by atoms with Gasteiger partial charge in [-0.05, 0) is 55.7 Å². The fourth-order valence-electron chi connectivity index (χ4n) is 3.77. The molecule has 0 fully saturated rings. The number of carbonyl (C=O) groups excluding carboxylic acids is 2. The second-order valence-corrected chi connectivity index (χ2v) is 9.76. The van der Waals surface area contributed by atoms with Gasteiger partial charge in [-0.25, -0.2) is 0 Å². The predicted molar refractivity (Wildman–Crippen MR) is 139 cm³/mol. The molecule has 0 saturated carbocycles. The van der Waals surface area contributed by atoms with Crippen LogP contribution in [-0.2, 0) is 4.79 Å². The van der Waals surface area contributed by atoms with Gasteiger partial charge in [0, 0.05) is 23.5 Å². The van der Waals surface area contributed by atoms with E-state index in [0.717, 1.165) is 16.8 Å². The van der Waals surface area contributed by atoms with Crippen LogP contribution in [0.2, 0.25) is 0 Å². The third-order valence-corrected chi connectivity index (χ3v) is 6.61. The summed E-state index contributed by atoms with van der Waals surface area (Å²) in [7, 11) is 0. The topological polar surface area (TPSA) is 89.8 Å². The summed E-state index contributed by atoms with van der Waals surface area (Å²) in [5.41, 5.74) is 3.92. The van der Waals surface area contributed by atoms with E-state index in [4.69, 9.17) is 0 Å². The highest BCUT2D eigenvalue weighted by molar-refractivity contribution is 8.00. The molecule has 0 aliphatic heterocycles. The number of nitrogens with one attached hydrogen (secondary N) is 1. The zero-order chi connectivity index (χ0) is 24.9. The van der Waals surface area contributed by atoms with E-state index in [1.54, 1.807) is 36.7 Å². The Bertz CT molecular complexity index is 1350. The Morgan fingerprint density at radius 3 is 2.40 bits per heavy atom. The van der Waals surface area contributed by atoms with Gasteiger partial charge >= 0.3 is 0 Å². The lowest BCUT2D eigenvalue weighted by Gasteiger charge is -2.18. The average molecular weight is 486 g/mol. The number of amides is 1. The summed E-state index contributed by atoms with van der Waals surface area (Å²) in [4.78, 5) is 29.3. The summed E-state index contributed by atoms with van der Waals surface area (Å²) >= 11 is 1.31. The number of Topliss-reactive ketones (excluding diaryl/α,β-unsaturated/α-hetero) is 1. The van der Waals surface area contributed by atoms with Gasteiger partial charge in [0.15, 0.2) is 16.8 Å². The first-order chi connectivity index (χ1) is 16.9. The highest BCUT2D eigenvalue weighted by Crippen LogP contribution is 2.33. The van der Waals surface area contributed by atoms with E-state index in [9.17, 15) is 9.59 Å². The molecular formula is C27H27N5O2S. The van der Waals surface area contributed by atoms with Crippen molar-refractivity contribution in [2.45, 2.75) is 44.0 Å². The lowest BCUT2D eigenvalue weighted by atomic mass is 10.0. The first kappa shape index (κ1) is 24.3. The molecule has 2 heterocycles.